The predicted molar refractivity (Wildman–Crippen MR) is 75.7 cm³/mol. The molecule has 0 bridgehead atoms. The second-order valence-corrected chi connectivity index (χ2v) is 4.63. The van der Waals surface area contributed by atoms with Crippen LogP contribution in [0.4, 0.5) is 4.39 Å². The fraction of sp³-hybridized carbons (Fsp3) is 0.308. The number of aliphatic hydroxyl groups excluding tert-OH is 1. The maximum atomic E-state index is 13.2. The molecule has 0 aliphatic rings. The topological polar surface area (TPSA) is 70.6 Å². The van der Waals surface area contributed by atoms with E-state index in [1.807, 2.05) is 6.92 Å². The predicted octanol–water partition coefficient (Wildman–Crippen LogP) is 1.99. The molecule has 0 spiro atoms. The van der Waals surface area contributed by atoms with Gasteiger partial charge in [0.1, 0.15) is 5.82 Å². The van der Waals surface area contributed by atoms with Gasteiger partial charge in [0, 0.05) is 6.54 Å². The molecule has 6 heteroatoms. The third kappa shape index (κ3) is 5.28. The number of hydrogen-bond acceptors (Lipinski definition) is 2. The minimum absolute atomic E-state index is 0.0158. The first-order valence-electron chi connectivity index (χ1n) is 5.71. The van der Waals surface area contributed by atoms with Crippen LogP contribution in [0.15, 0.2) is 35.3 Å². The van der Waals surface area contributed by atoms with E-state index in [0.29, 0.717) is 12.1 Å². The average Bonchev–Trinajstić information content (AvgIpc) is 2.36. The van der Waals surface area contributed by atoms with Gasteiger partial charge < -0.3 is 16.2 Å². The molecule has 0 aromatic heterocycles. The van der Waals surface area contributed by atoms with Crippen LogP contribution >= 0.6 is 11.6 Å². The Bertz CT molecular complexity index is 491. The summed E-state index contributed by atoms with van der Waals surface area (Å²) in [6.45, 7) is 6.12. The maximum Gasteiger partial charge on any atom is 0.188 e. The van der Waals surface area contributed by atoms with Gasteiger partial charge in [-0.15, -0.1) is 0 Å². The number of aliphatic imine (C=N–C) groups is 1. The summed E-state index contributed by atoms with van der Waals surface area (Å²) < 4.78 is 13.2. The van der Waals surface area contributed by atoms with Gasteiger partial charge in [-0.05, 0) is 24.6 Å². The summed E-state index contributed by atoms with van der Waals surface area (Å²) in [5.74, 6) is -0.368. The van der Waals surface area contributed by atoms with Crippen molar-refractivity contribution in [1.82, 2.24) is 5.32 Å². The Morgan fingerprint density at radius 3 is 2.89 bits per heavy atom. The summed E-state index contributed by atoms with van der Waals surface area (Å²) in [7, 11) is 0. The van der Waals surface area contributed by atoms with E-state index in [4.69, 9.17) is 17.3 Å². The van der Waals surface area contributed by atoms with Gasteiger partial charge in [0.15, 0.2) is 5.96 Å². The standard InChI is InChI=1S/C13H17ClFN3O/c1-8(2)6-17-13(16)18-7-12(19)9-3-4-10(14)11(15)5-9/h3-5,12,19H,1,6-7H2,2H3,(H3,16,17,18). The van der Waals surface area contributed by atoms with Crippen LogP contribution in [0.2, 0.25) is 5.02 Å². The molecule has 0 aliphatic heterocycles. The highest BCUT2D eigenvalue weighted by atomic mass is 35.5. The lowest BCUT2D eigenvalue weighted by molar-refractivity contribution is 0.186. The van der Waals surface area contributed by atoms with Gasteiger partial charge >= 0.3 is 0 Å². The number of nitrogens with one attached hydrogen (secondary N) is 1. The largest absolute Gasteiger partial charge is 0.386 e. The molecule has 0 saturated heterocycles. The van der Waals surface area contributed by atoms with Crippen molar-refractivity contribution in [3.8, 4) is 0 Å². The van der Waals surface area contributed by atoms with Gasteiger partial charge in [-0.2, -0.15) is 0 Å². The van der Waals surface area contributed by atoms with E-state index in [-0.39, 0.29) is 17.5 Å². The van der Waals surface area contributed by atoms with Crippen molar-refractivity contribution in [3.05, 3.63) is 46.8 Å². The highest BCUT2D eigenvalue weighted by molar-refractivity contribution is 6.30. The zero-order valence-electron chi connectivity index (χ0n) is 10.7. The molecule has 0 fully saturated rings. The molecule has 19 heavy (non-hydrogen) atoms. The van der Waals surface area contributed by atoms with Crippen molar-refractivity contribution in [1.29, 1.82) is 0 Å². The molecule has 0 radical (unpaired) electrons. The number of benzene rings is 1. The van der Waals surface area contributed by atoms with Crippen LogP contribution in [0, 0.1) is 5.82 Å². The van der Waals surface area contributed by atoms with Gasteiger partial charge in [-0.1, -0.05) is 29.8 Å². The molecule has 0 saturated carbocycles. The lowest BCUT2D eigenvalue weighted by Gasteiger charge is -2.10. The van der Waals surface area contributed by atoms with E-state index in [1.165, 1.54) is 12.1 Å². The van der Waals surface area contributed by atoms with E-state index >= 15 is 0 Å². The van der Waals surface area contributed by atoms with Crippen LogP contribution < -0.4 is 11.1 Å². The number of nitrogens with zero attached hydrogens (tertiary/aromatic N) is 1. The van der Waals surface area contributed by atoms with Crippen molar-refractivity contribution in [2.24, 2.45) is 10.7 Å². The number of rotatable bonds is 5. The second-order valence-electron chi connectivity index (χ2n) is 4.23. The minimum Gasteiger partial charge on any atom is -0.386 e. The molecular weight excluding hydrogens is 269 g/mol. The monoisotopic (exact) mass is 285 g/mol. The zero-order chi connectivity index (χ0) is 14.4. The Morgan fingerprint density at radius 1 is 1.63 bits per heavy atom. The first kappa shape index (κ1) is 15.5. The minimum atomic E-state index is -0.933. The molecule has 4 N–H and O–H groups in total. The Morgan fingerprint density at radius 2 is 2.32 bits per heavy atom. The molecule has 0 aliphatic carbocycles. The van der Waals surface area contributed by atoms with Gasteiger partial charge in [0.25, 0.3) is 0 Å². The summed E-state index contributed by atoms with van der Waals surface area (Å²) in [6.07, 6.45) is -0.933. The van der Waals surface area contributed by atoms with Crippen molar-refractivity contribution in [2.75, 3.05) is 13.1 Å². The van der Waals surface area contributed by atoms with Crippen LogP contribution in [0.1, 0.15) is 18.6 Å². The molecule has 0 amide bonds. The number of halogens is 2. The van der Waals surface area contributed by atoms with Crippen LogP contribution in [-0.4, -0.2) is 24.2 Å². The molecule has 0 heterocycles. The van der Waals surface area contributed by atoms with Crippen molar-refractivity contribution >= 4 is 17.6 Å². The first-order chi connectivity index (χ1) is 8.90. The maximum absolute atomic E-state index is 13.2. The van der Waals surface area contributed by atoms with E-state index in [0.717, 1.165) is 5.57 Å². The molecule has 1 aromatic rings. The third-order valence-electron chi connectivity index (χ3n) is 2.33. The Balaban J connectivity index is 2.59. The normalized spacial score (nSPS) is 13.2. The summed E-state index contributed by atoms with van der Waals surface area (Å²) in [5.41, 5.74) is 6.91. The SMILES string of the molecule is C=C(C)CNC(N)=NCC(O)c1ccc(Cl)c(F)c1. The molecule has 1 aromatic carbocycles. The third-order valence-corrected chi connectivity index (χ3v) is 2.64. The highest BCUT2D eigenvalue weighted by Gasteiger charge is 2.09. The van der Waals surface area contributed by atoms with E-state index < -0.39 is 11.9 Å². The molecule has 4 nitrogen and oxygen atoms in total. The quantitative estimate of drug-likeness (QED) is 0.440. The summed E-state index contributed by atoms with van der Waals surface area (Å²) in [4.78, 5) is 3.96. The number of aliphatic hydroxyl groups is 1. The Labute approximate surface area is 116 Å². The molecular formula is C13H17ClFN3O. The Kier molecular flexibility index (Phi) is 5.79. The number of hydrogen-bond donors (Lipinski definition) is 3. The van der Waals surface area contributed by atoms with E-state index in [1.54, 1.807) is 6.07 Å². The van der Waals surface area contributed by atoms with E-state index in [2.05, 4.69) is 16.9 Å². The number of nitrogens with two attached hydrogens (primary N) is 1. The molecule has 1 atom stereocenters. The van der Waals surface area contributed by atoms with Crippen LogP contribution in [0.25, 0.3) is 0 Å². The molecule has 1 rings (SSSR count). The second kappa shape index (κ2) is 7.11. The van der Waals surface area contributed by atoms with Crippen molar-refractivity contribution < 1.29 is 9.50 Å². The van der Waals surface area contributed by atoms with Crippen LogP contribution in [0.3, 0.4) is 0 Å². The first-order valence-corrected chi connectivity index (χ1v) is 6.09. The summed E-state index contributed by atoms with van der Waals surface area (Å²) in [6, 6.07) is 4.12. The van der Waals surface area contributed by atoms with Crippen LogP contribution in [0.5, 0.6) is 0 Å². The fourth-order valence-electron chi connectivity index (χ4n) is 1.31. The summed E-state index contributed by atoms with van der Waals surface area (Å²) >= 11 is 5.56. The van der Waals surface area contributed by atoms with Gasteiger partial charge in [0.2, 0.25) is 0 Å². The van der Waals surface area contributed by atoms with Gasteiger partial charge in [-0.3, -0.25) is 4.99 Å². The Hall–Kier alpha value is -1.59. The fourth-order valence-corrected chi connectivity index (χ4v) is 1.42. The van der Waals surface area contributed by atoms with Crippen LogP contribution in [-0.2, 0) is 0 Å². The highest BCUT2D eigenvalue weighted by Crippen LogP contribution is 2.20. The molecule has 1 unspecified atom stereocenters. The van der Waals surface area contributed by atoms with Gasteiger partial charge in [0.05, 0.1) is 17.7 Å². The lowest BCUT2D eigenvalue weighted by Crippen LogP contribution is -2.33. The van der Waals surface area contributed by atoms with E-state index in [9.17, 15) is 9.50 Å². The summed E-state index contributed by atoms with van der Waals surface area (Å²) in [5, 5.41) is 12.7. The smallest absolute Gasteiger partial charge is 0.188 e. The van der Waals surface area contributed by atoms with Crippen molar-refractivity contribution in [2.45, 2.75) is 13.0 Å². The van der Waals surface area contributed by atoms with Gasteiger partial charge in [-0.25, -0.2) is 4.39 Å². The average molecular weight is 286 g/mol. The lowest BCUT2D eigenvalue weighted by atomic mass is 10.1. The number of guanidine groups is 1. The zero-order valence-corrected chi connectivity index (χ0v) is 11.4. The van der Waals surface area contributed by atoms with Crippen molar-refractivity contribution in [3.63, 3.8) is 0 Å². The molecule has 104 valence electrons.